The zero-order chi connectivity index (χ0) is 18.6. The number of aryl methyl sites for hydroxylation is 2. The lowest BCUT2D eigenvalue weighted by molar-refractivity contribution is -0.115. The number of carbonyl (C=O) groups is 1. The summed E-state index contributed by atoms with van der Waals surface area (Å²) in [5, 5.41) is 2.73. The molecule has 134 valence electrons. The van der Waals surface area contributed by atoms with Gasteiger partial charge in [-0.3, -0.25) is 4.79 Å². The molecule has 2 aromatic rings. The van der Waals surface area contributed by atoms with Gasteiger partial charge in [0.25, 0.3) is 0 Å². The molecule has 0 spiro atoms. The molecule has 1 aromatic heterocycles. The normalized spacial score (nSPS) is 11.9. The van der Waals surface area contributed by atoms with Gasteiger partial charge in [-0.2, -0.15) is 15.0 Å². The molecule has 1 heterocycles. The largest absolute Gasteiger partial charge is 0.368 e. The molecule has 1 atom stereocenters. The van der Waals surface area contributed by atoms with Crippen molar-refractivity contribution in [2.24, 2.45) is 0 Å². The molecule has 0 fully saturated rings. The van der Waals surface area contributed by atoms with Gasteiger partial charge >= 0.3 is 0 Å². The minimum atomic E-state index is -0.249. The first-order chi connectivity index (χ1) is 11.8. The predicted octanol–water partition coefficient (Wildman–Crippen LogP) is 2.40. The van der Waals surface area contributed by atoms with E-state index in [2.05, 4.69) is 20.3 Å². The Morgan fingerprint density at radius 3 is 2.68 bits per heavy atom. The van der Waals surface area contributed by atoms with Crippen LogP contribution >= 0.6 is 11.8 Å². The molecule has 0 radical (unpaired) electrons. The number of nitrogens with zero attached hydrogens (tertiary/aromatic N) is 4. The molecule has 1 amide bonds. The monoisotopic (exact) mass is 360 g/mol. The number of hydrogen-bond acceptors (Lipinski definition) is 7. The minimum Gasteiger partial charge on any atom is -0.368 e. The predicted molar refractivity (Wildman–Crippen MR) is 104 cm³/mol. The lowest BCUT2D eigenvalue weighted by Gasteiger charge is -2.15. The molecule has 0 aliphatic heterocycles. The van der Waals surface area contributed by atoms with Crippen LogP contribution < -0.4 is 16.0 Å². The fraction of sp³-hybridized carbons (Fsp3) is 0.412. The molecule has 7 nitrogen and oxygen atoms in total. The Morgan fingerprint density at radius 1 is 1.28 bits per heavy atom. The summed E-state index contributed by atoms with van der Waals surface area (Å²) in [4.78, 5) is 26.7. The fourth-order valence-corrected chi connectivity index (χ4v) is 2.81. The van der Waals surface area contributed by atoms with Crippen LogP contribution in [0.1, 0.15) is 23.9 Å². The highest BCUT2D eigenvalue weighted by atomic mass is 32.2. The molecule has 0 aliphatic rings. The fourth-order valence-electron chi connectivity index (χ4n) is 2.07. The molecule has 25 heavy (non-hydrogen) atoms. The maximum Gasteiger partial charge on any atom is 0.237 e. The molecular formula is C17H24N6OS. The van der Waals surface area contributed by atoms with Crippen molar-refractivity contribution >= 4 is 35.3 Å². The average molecular weight is 360 g/mol. The molecule has 0 saturated carbocycles. The number of nitrogens with two attached hydrogens (primary N) is 1. The van der Waals surface area contributed by atoms with Gasteiger partial charge in [-0.15, -0.1) is 11.8 Å². The number of nitrogen functional groups attached to an aromatic ring is 1. The van der Waals surface area contributed by atoms with Crippen LogP contribution in [0.25, 0.3) is 0 Å². The summed E-state index contributed by atoms with van der Waals surface area (Å²) in [6, 6.07) is 6.00. The van der Waals surface area contributed by atoms with E-state index in [1.54, 1.807) is 4.90 Å². The van der Waals surface area contributed by atoms with Crippen LogP contribution in [0.15, 0.2) is 18.2 Å². The first-order valence-electron chi connectivity index (χ1n) is 7.93. The Hall–Kier alpha value is -2.35. The van der Waals surface area contributed by atoms with E-state index < -0.39 is 0 Å². The number of anilines is 3. The number of thioether (sulfide) groups is 1. The lowest BCUT2D eigenvalue weighted by atomic mass is 10.1. The highest BCUT2D eigenvalue weighted by Gasteiger charge is 2.16. The summed E-state index contributed by atoms with van der Waals surface area (Å²) < 4.78 is 0. The summed E-state index contributed by atoms with van der Waals surface area (Å²) in [7, 11) is 3.68. The molecule has 0 aliphatic carbocycles. The third-order valence-electron chi connectivity index (χ3n) is 3.57. The van der Waals surface area contributed by atoms with Gasteiger partial charge in [-0.25, -0.2) is 0 Å². The smallest absolute Gasteiger partial charge is 0.237 e. The van der Waals surface area contributed by atoms with Crippen molar-refractivity contribution in [1.29, 1.82) is 0 Å². The van der Waals surface area contributed by atoms with Crippen LogP contribution in [0.5, 0.6) is 0 Å². The molecule has 0 saturated heterocycles. The van der Waals surface area contributed by atoms with Crippen LogP contribution in [-0.4, -0.2) is 40.2 Å². The van der Waals surface area contributed by atoms with Gasteiger partial charge in [0.05, 0.1) is 11.0 Å². The molecule has 2 rings (SSSR count). The van der Waals surface area contributed by atoms with Crippen molar-refractivity contribution in [1.82, 2.24) is 15.0 Å². The Kier molecular flexibility index (Phi) is 6.19. The Morgan fingerprint density at radius 2 is 2.00 bits per heavy atom. The van der Waals surface area contributed by atoms with Crippen molar-refractivity contribution in [2.75, 3.05) is 30.0 Å². The van der Waals surface area contributed by atoms with E-state index in [-0.39, 0.29) is 17.1 Å². The number of nitrogens with one attached hydrogen (secondary N) is 1. The van der Waals surface area contributed by atoms with Crippen molar-refractivity contribution in [3.8, 4) is 0 Å². The van der Waals surface area contributed by atoms with Crippen molar-refractivity contribution < 1.29 is 4.79 Å². The standard InChI is InChI=1S/C17H24N6OS/c1-10-6-7-11(2)13(8-10)19-15(24)12(3)25-9-14-20-16(18)22-17(21-14)23(4)5/h6-8,12H,9H2,1-5H3,(H,19,24)(H2,18,20,21,22). The molecule has 8 heteroatoms. The van der Waals surface area contributed by atoms with Gasteiger partial charge in [0, 0.05) is 19.8 Å². The van der Waals surface area contributed by atoms with E-state index in [4.69, 9.17) is 5.73 Å². The van der Waals surface area contributed by atoms with Crippen LogP contribution in [0.4, 0.5) is 17.6 Å². The van der Waals surface area contributed by atoms with Gasteiger partial charge in [0.15, 0.2) is 0 Å². The zero-order valence-electron chi connectivity index (χ0n) is 15.2. The summed E-state index contributed by atoms with van der Waals surface area (Å²) in [6.45, 7) is 5.84. The summed E-state index contributed by atoms with van der Waals surface area (Å²) in [5.41, 5.74) is 8.71. The molecule has 1 aromatic carbocycles. The Bertz CT molecular complexity index is 765. The summed E-state index contributed by atoms with van der Waals surface area (Å²) in [6.07, 6.45) is 0. The topological polar surface area (TPSA) is 97.0 Å². The molecule has 3 N–H and O–H groups in total. The minimum absolute atomic E-state index is 0.0476. The van der Waals surface area contributed by atoms with Crippen molar-refractivity contribution in [2.45, 2.75) is 31.8 Å². The van der Waals surface area contributed by atoms with E-state index in [9.17, 15) is 4.79 Å². The van der Waals surface area contributed by atoms with Crippen molar-refractivity contribution in [3.05, 3.63) is 35.2 Å². The third-order valence-corrected chi connectivity index (χ3v) is 4.71. The number of amides is 1. The van der Waals surface area contributed by atoms with E-state index >= 15 is 0 Å². The van der Waals surface area contributed by atoms with Crippen LogP contribution in [0.3, 0.4) is 0 Å². The second kappa shape index (κ2) is 8.15. The Labute approximate surface area is 152 Å². The second-order valence-electron chi connectivity index (χ2n) is 6.07. The van der Waals surface area contributed by atoms with Crippen molar-refractivity contribution in [3.63, 3.8) is 0 Å². The second-order valence-corrected chi connectivity index (χ2v) is 7.39. The summed E-state index contributed by atoms with van der Waals surface area (Å²) >= 11 is 1.46. The quantitative estimate of drug-likeness (QED) is 0.816. The lowest BCUT2D eigenvalue weighted by Crippen LogP contribution is -2.23. The zero-order valence-corrected chi connectivity index (χ0v) is 16.0. The Balaban J connectivity index is 1.99. The highest BCUT2D eigenvalue weighted by molar-refractivity contribution is 7.99. The SMILES string of the molecule is Cc1ccc(C)c(NC(=O)C(C)SCc2nc(N)nc(N(C)C)n2)c1. The molecular weight excluding hydrogens is 336 g/mol. The maximum atomic E-state index is 12.4. The number of aromatic nitrogens is 3. The molecule has 1 unspecified atom stereocenters. The third kappa shape index (κ3) is 5.32. The van der Waals surface area contributed by atoms with E-state index in [0.717, 1.165) is 16.8 Å². The number of carbonyl (C=O) groups excluding carboxylic acids is 1. The van der Waals surface area contributed by atoms with E-state index in [1.807, 2.05) is 53.1 Å². The number of hydrogen-bond donors (Lipinski definition) is 2. The van der Waals surface area contributed by atoms with Crippen LogP contribution in [-0.2, 0) is 10.5 Å². The molecule has 0 bridgehead atoms. The van der Waals surface area contributed by atoms with E-state index in [1.165, 1.54) is 11.8 Å². The van der Waals surface area contributed by atoms with Gasteiger partial charge in [0.1, 0.15) is 5.82 Å². The first kappa shape index (κ1) is 19.0. The van der Waals surface area contributed by atoms with Gasteiger partial charge in [-0.1, -0.05) is 12.1 Å². The number of rotatable bonds is 6. The average Bonchev–Trinajstić information content (AvgIpc) is 2.55. The first-order valence-corrected chi connectivity index (χ1v) is 8.98. The summed E-state index contributed by atoms with van der Waals surface area (Å²) in [5.74, 6) is 1.69. The van der Waals surface area contributed by atoms with E-state index in [0.29, 0.717) is 17.5 Å². The van der Waals surface area contributed by atoms with Gasteiger partial charge in [-0.05, 0) is 38.0 Å². The number of benzene rings is 1. The van der Waals surface area contributed by atoms with Crippen LogP contribution in [0.2, 0.25) is 0 Å². The van der Waals surface area contributed by atoms with Crippen LogP contribution in [0, 0.1) is 13.8 Å². The highest BCUT2D eigenvalue weighted by Crippen LogP contribution is 2.21. The van der Waals surface area contributed by atoms with Gasteiger partial charge < -0.3 is 16.0 Å². The van der Waals surface area contributed by atoms with Gasteiger partial charge in [0.2, 0.25) is 17.8 Å². The maximum absolute atomic E-state index is 12.4.